The summed E-state index contributed by atoms with van der Waals surface area (Å²) in [4.78, 5) is 0. The molecule has 3 heteroatoms. The minimum Gasteiger partial charge on any atom is -0.174 e. The third kappa shape index (κ3) is 2.36. The SMILES string of the molecule is C[Si](C)(C)C(=C(F)F)c1cccc2ccccc12. The number of hydrogen-bond acceptors (Lipinski definition) is 0. The lowest BCUT2D eigenvalue weighted by molar-refractivity contribution is 0.427. The highest BCUT2D eigenvalue weighted by atomic mass is 28.3. The van der Waals surface area contributed by atoms with E-state index in [1.165, 1.54) is 0 Å². The minimum absolute atomic E-state index is 0.263. The highest BCUT2D eigenvalue weighted by molar-refractivity contribution is 6.94. The lowest BCUT2D eigenvalue weighted by atomic mass is 10.0. The van der Waals surface area contributed by atoms with Gasteiger partial charge >= 0.3 is 0 Å². The molecule has 94 valence electrons. The van der Waals surface area contributed by atoms with Crippen molar-refractivity contribution in [2.75, 3.05) is 0 Å². The molecule has 2 aromatic rings. The Balaban J connectivity index is 2.78. The van der Waals surface area contributed by atoms with E-state index >= 15 is 0 Å². The van der Waals surface area contributed by atoms with Crippen LogP contribution in [0.3, 0.4) is 0 Å². The summed E-state index contributed by atoms with van der Waals surface area (Å²) in [5.41, 5.74) is 0.687. The molecule has 0 N–H and O–H groups in total. The maximum Gasteiger partial charge on any atom is 0.270 e. The van der Waals surface area contributed by atoms with E-state index in [0.717, 1.165) is 10.8 Å². The van der Waals surface area contributed by atoms with Crippen molar-refractivity contribution in [2.45, 2.75) is 19.6 Å². The van der Waals surface area contributed by atoms with Crippen molar-refractivity contribution >= 4 is 24.0 Å². The molecule has 0 amide bonds. The van der Waals surface area contributed by atoms with Gasteiger partial charge in [0, 0.05) is 5.20 Å². The van der Waals surface area contributed by atoms with Gasteiger partial charge in [0.05, 0.1) is 8.07 Å². The van der Waals surface area contributed by atoms with E-state index in [1.807, 2.05) is 56.0 Å². The van der Waals surface area contributed by atoms with Gasteiger partial charge in [0.15, 0.2) is 0 Å². The van der Waals surface area contributed by atoms with Crippen LogP contribution in [0, 0.1) is 0 Å². The standard InChI is InChI=1S/C15H16F2Si/c1-18(2,3)14(15(16)17)13-10-6-8-11-7-4-5-9-12(11)13/h4-10H,1-3H3. The van der Waals surface area contributed by atoms with E-state index in [-0.39, 0.29) is 5.20 Å². The zero-order chi connectivity index (χ0) is 13.3. The van der Waals surface area contributed by atoms with Crippen LogP contribution in [0.15, 0.2) is 48.5 Å². The van der Waals surface area contributed by atoms with E-state index in [2.05, 4.69) is 0 Å². The first kappa shape index (κ1) is 13.0. The molecule has 0 spiro atoms. The summed E-state index contributed by atoms with van der Waals surface area (Å²) in [7, 11) is -2.08. The molecule has 0 bridgehead atoms. The number of halogens is 2. The summed E-state index contributed by atoms with van der Waals surface area (Å²) in [5, 5.41) is 2.18. The Hall–Kier alpha value is -1.48. The molecule has 0 fully saturated rings. The van der Waals surface area contributed by atoms with Crippen LogP contribution >= 0.6 is 0 Å². The number of rotatable bonds is 2. The van der Waals surface area contributed by atoms with Gasteiger partial charge in [-0.15, -0.1) is 0 Å². The predicted octanol–water partition coefficient (Wildman–Crippen LogP) is 5.32. The second-order valence-electron chi connectivity index (χ2n) is 5.41. The van der Waals surface area contributed by atoms with Gasteiger partial charge in [0.2, 0.25) is 0 Å². The average molecular weight is 262 g/mol. The molecule has 0 aliphatic heterocycles. The van der Waals surface area contributed by atoms with Crippen molar-refractivity contribution in [1.82, 2.24) is 0 Å². The Bertz CT molecular complexity index is 600. The maximum absolute atomic E-state index is 13.3. The molecule has 0 unspecified atom stereocenters. The van der Waals surface area contributed by atoms with Gasteiger partial charge in [-0.3, -0.25) is 0 Å². The van der Waals surface area contributed by atoms with Crippen LogP contribution < -0.4 is 0 Å². The van der Waals surface area contributed by atoms with Crippen LogP contribution in [0.25, 0.3) is 16.0 Å². The lowest BCUT2D eigenvalue weighted by Crippen LogP contribution is -2.23. The molecule has 0 heterocycles. The number of hydrogen-bond donors (Lipinski definition) is 0. The largest absolute Gasteiger partial charge is 0.270 e. The second-order valence-corrected chi connectivity index (χ2v) is 10.4. The van der Waals surface area contributed by atoms with Gasteiger partial charge in [-0.05, 0) is 16.3 Å². The molecular weight excluding hydrogens is 246 g/mol. The predicted molar refractivity (Wildman–Crippen MR) is 76.4 cm³/mol. The normalized spacial score (nSPS) is 11.6. The number of fused-ring (bicyclic) bond motifs is 1. The van der Waals surface area contributed by atoms with Gasteiger partial charge in [0.25, 0.3) is 6.08 Å². The Kier molecular flexibility index (Phi) is 3.35. The molecule has 0 aliphatic rings. The Labute approximate surface area is 107 Å². The molecule has 2 aromatic carbocycles. The fourth-order valence-electron chi connectivity index (χ4n) is 2.23. The van der Waals surface area contributed by atoms with E-state index in [0.29, 0.717) is 5.56 Å². The first-order valence-electron chi connectivity index (χ1n) is 5.95. The first-order chi connectivity index (χ1) is 8.41. The molecule has 0 saturated carbocycles. The van der Waals surface area contributed by atoms with Crippen LogP contribution in [-0.4, -0.2) is 8.07 Å². The minimum atomic E-state index is -2.08. The summed E-state index contributed by atoms with van der Waals surface area (Å²) >= 11 is 0. The summed E-state index contributed by atoms with van der Waals surface area (Å²) in [6.45, 7) is 5.84. The highest BCUT2D eigenvalue weighted by Gasteiger charge is 2.27. The molecule has 18 heavy (non-hydrogen) atoms. The molecule has 0 saturated heterocycles. The van der Waals surface area contributed by atoms with Crippen molar-refractivity contribution in [1.29, 1.82) is 0 Å². The lowest BCUT2D eigenvalue weighted by Gasteiger charge is -2.21. The van der Waals surface area contributed by atoms with Crippen LogP contribution in [0.2, 0.25) is 19.6 Å². The number of benzene rings is 2. The Morgan fingerprint density at radius 3 is 2.11 bits per heavy atom. The zero-order valence-electron chi connectivity index (χ0n) is 10.8. The van der Waals surface area contributed by atoms with E-state index in [4.69, 9.17) is 0 Å². The van der Waals surface area contributed by atoms with Crippen LogP contribution in [0.4, 0.5) is 8.78 Å². The molecule has 2 rings (SSSR count). The van der Waals surface area contributed by atoms with Gasteiger partial charge in [-0.1, -0.05) is 62.1 Å². The fraction of sp³-hybridized carbons (Fsp3) is 0.200. The van der Waals surface area contributed by atoms with Crippen LogP contribution in [0.1, 0.15) is 5.56 Å². The molecular formula is C15H16F2Si. The van der Waals surface area contributed by atoms with Gasteiger partial charge < -0.3 is 0 Å². The summed E-state index contributed by atoms with van der Waals surface area (Å²) in [6.07, 6.45) is -1.54. The molecule has 0 aliphatic carbocycles. The molecule has 0 radical (unpaired) electrons. The van der Waals surface area contributed by atoms with Crippen molar-refractivity contribution in [3.8, 4) is 0 Å². The second kappa shape index (κ2) is 4.65. The Morgan fingerprint density at radius 1 is 0.889 bits per heavy atom. The quantitative estimate of drug-likeness (QED) is 0.642. The van der Waals surface area contributed by atoms with E-state index in [9.17, 15) is 8.78 Å². The van der Waals surface area contributed by atoms with Gasteiger partial charge in [-0.2, -0.15) is 8.78 Å². The van der Waals surface area contributed by atoms with Crippen LogP contribution in [-0.2, 0) is 0 Å². The summed E-state index contributed by atoms with van der Waals surface area (Å²) in [6, 6.07) is 13.3. The smallest absolute Gasteiger partial charge is 0.174 e. The summed E-state index contributed by atoms with van der Waals surface area (Å²) < 4.78 is 26.6. The third-order valence-corrected chi connectivity index (χ3v) is 4.96. The van der Waals surface area contributed by atoms with E-state index in [1.54, 1.807) is 6.07 Å². The Morgan fingerprint density at radius 2 is 1.50 bits per heavy atom. The van der Waals surface area contributed by atoms with Gasteiger partial charge in [0.1, 0.15) is 0 Å². The monoisotopic (exact) mass is 262 g/mol. The summed E-state index contributed by atoms with van der Waals surface area (Å²) in [5.74, 6) is 0. The van der Waals surface area contributed by atoms with Gasteiger partial charge in [-0.25, -0.2) is 0 Å². The van der Waals surface area contributed by atoms with Crippen LogP contribution in [0.5, 0.6) is 0 Å². The third-order valence-electron chi connectivity index (χ3n) is 3.00. The topological polar surface area (TPSA) is 0 Å². The molecule has 0 aromatic heterocycles. The first-order valence-corrected chi connectivity index (χ1v) is 9.45. The molecule has 0 atom stereocenters. The van der Waals surface area contributed by atoms with Crippen molar-refractivity contribution in [2.24, 2.45) is 0 Å². The fourth-order valence-corrected chi connectivity index (χ4v) is 3.83. The van der Waals surface area contributed by atoms with E-state index < -0.39 is 14.2 Å². The highest BCUT2D eigenvalue weighted by Crippen LogP contribution is 2.34. The van der Waals surface area contributed by atoms with Crippen molar-refractivity contribution < 1.29 is 8.78 Å². The average Bonchev–Trinajstić information content (AvgIpc) is 2.27. The van der Waals surface area contributed by atoms with Crippen molar-refractivity contribution in [3.05, 3.63) is 54.1 Å². The molecule has 0 nitrogen and oxygen atoms in total. The zero-order valence-corrected chi connectivity index (χ0v) is 11.8. The van der Waals surface area contributed by atoms with Crippen molar-refractivity contribution in [3.63, 3.8) is 0 Å². The maximum atomic E-state index is 13.3.